The summed E-state index contributed by atoms with van der Waals surface area (Å²) < 4.78 is 21.9. The van der Waals surface area contributed by atoms with Crippen molar-refractivity contribution in [3.05, 3.63) is 59.2 Å². The average Bonchev–Trinajstić information content (AvgIpc) is 3.11. The minimum absolute atomic E-state index is 0.350. The van der Waals surface area contributed by atoms with Gasteiger partial charge in [-0.1, -0.05) is 37.6 Å². The molecule has 0 saturated heterocycles. The summed E-state index contributed by atoms with van der Waals surface area (Å²) in [5, 5.41) is 3.03. The smallest absolute Gasteiger partial charge is 0.232 e. The Kier molecular flexibility index (Phi) is 6.04. The summed E-state index contributed by atoms with van der Waals surface area (Å²) in [7, 11) is 0. The third kappa shape index (κ3) is 4.79. The number of benzene rings is 1. The number of pyridine rings is 1. The molecule has 2 aromatic heterocycles. The molecule has 2 heterocycles. The van der Waals surface area contributed by atoms with Gasteiger partial charge in [0, 0.05) is 34.9 Å². The van der Waals surface area contributed by atoms with Crippen LogP contribution in [0.5, 0.6) is 0 Å². The number of hydrogen-bond acceptors (Lipinski definition) is 4. The first-order valence-electron chi connectivity index (χ1n) is 8.00. The Bertz CT molecular complexity index is 863. The lowest BCUT2D eigenvalue weighted by molar-refractivity contribution is 0.548. The molecule has 1 unspecified atom stereocenters. The number of nitrogens with one attached hydrogen (secondary N) is 1. The van der Waals surface area contributed by atoms with Crippen molar-refractivity contribution in [3.8, 4) is 21.8 Å². The summed E-state index contributed by atoms with van der Waals surface area (Å²) in [6.07, 6.45) is 3.89. The molecular weight excluding hydrogens is 354 g/mol. The Morgan fingerprint density at radius 1 is 1.20 bits per heavy atom. The molecule has 0 spiro atoms. The molecule has 5 nitrogen and oxygen atoms in total. The van der Waals surface area contributed by atoms with Crippen molar-refractivity contribution in [1.82, 2.24) is 14.7 Å². The number of aryl methyl sites for hydroxylation is 1. The largest absolute Gasteiger partial charge is 0.294 e. The molecule has 0 aliphatic heterocycles. The molecule has 1 atom stereocenters. The standard InChI is InChI=1S/C18H19N3O2S2/c1-2-3-16-10-15(8-9-19-16)18-21-17(12-24-18)14-6-4-13(5-7-14)11-20-25(22)23/h4-10,12,20H,2-3,11H2,1H3,(H,22,23). The van der Waals surface area contributed by atoms with E-state index in [0.29, 0.717) is 6.54 Å². The maximum atomic E-state index is 10.7. The lowest BCUT2D eigenvalue weighted by Gasteiger charge is -2.02. The van der Waals surface area contributed by atoms with E-state index in [1.54, 1.807) is 11.3 Å². The fourth-order valence-electron chi connectivity index (χ4n) is 2.48. The fraction of sp³-hybridized carbons (Fsp3) is 0.222. The van der Waals surface area contributed by atoms with Crippen LogP contribution in [0.1, 0.15) is 24.6 Å². The second-order valence-electron chi connectivity index (χ2n) is 5.59. The predicted octanol–water partition coefficient (Wildman–Crippen LogP) is 4.05. The Balaban J connectivity index is 1.77. The molecule has 2 N–H and O–H groups in total. The van der Waals surface area contributed by atoms with Crippen molar-refractivity contribution < 1.29 is 8.76 Å². The van der Waals surface area contributed by atoms with Crippen molar-refractivity contribution in [2.45, 2.75) is 26.3 Å². The molecule has 0 amide bonds. The summed E-state index contributed by atoms with van der Waals surface area (Å²) in [6, 6.07) is 11.9. The number of thiazole rings is 1. The van der Waals surface area contributed by atoms with Crippen LogP contribution in [0.3, 0.4) is 0 Å². The molecule has 0 radical (unpaired) electrons. The Labute approximate surface area is 153 Å². The molecule has 0 aliphatic carbocycles. The van der Waals surface area contributed by atoms with Crippen LogP contribution in [0.4, 0.5) is 0 Å². The van der Waals surface area contributed by atoms with Gasteiger partial charge in [0.25, 0.3) is 0 Å². The lowest BCUT2D eigenvalue weighted by atomic mass is 10.1. The van der Waals surface area contributed by atoms with E-state index in [4.69, 9.17) is 9.54 Å². The number of rotatable bonds is 7. The topological polar surface area (TPSA) is 75.1 Å². The van der Waals surface area contributed by atoms with Crippen LogP contribution in [0.15, 0.2) is 48.0 Å². The van der Waals surface area contributed by atoms with Crippen LogP contribution in [-0.2, 0) is 24.2 Å². The van der Waals surface area contributed by atoms with Gasteiger partial charge >= 0.3 is 0 Å². The SMILES string of the molecule is CCCc1cc(-c2nc(-c3ccc(CNS(=O)O)cc3)cs2)ccn1. The second kappa shape index (κ2) is 8.44. The van der Waals surface area contributed by atoms with Gasteiger partial charge in [-0.3, -0.25) is 9.54 Å². The number of hydrogen-bond donors (Lipinski definition) is 2. The van der Waals surface area contributed by atoms with Crippen molar-refractivity contribution in [1.29, 1.82) is 0 Å². The highest BCUT2D eigenvalue weighted by Crippen LogP contribution is 2.29. The van der Waals surface area contributed by atoms with E-state index in [2.05, 4.69) is 22.7 Å². The molecule has 0 fully saturated rings. The van der Waals surface area contributed by atoms with Crippen LogP contribution in [0.25, 0.3) is 21.8 Å². The molecule has 0 bridgehead atoms. The van der Waals surface area contributed by atoms with Gasteiger partial charge < -0.3 is 0 Å². The molecular formula is C18H19N3O2S2. The highest BCUT2D eigenvalue weighted by Gasteiger charge is 2.08. The summed E-state index contributed by atoms with van der Waals surface area (Å²) in [6.45, 7) is 2.50. The Morgan fingerprint density at radius 2 is 2.00 bits per heavy atom. The first-order chi connectivity index (χ1) is 12.2. The first kappa shape index (κ1) is 17.9. The van der Waals surface area contributed by atoms with Gasteiger partial charge in [-0.2, -0.15) is 0 Å². The molecule has 0 saturated carbocycles. The average molecular weight is 374 g/mol. The molecule has 0 aliphatic rings. The fourth-order valence-corrected chi connectivity index (χ4v) is 3.60. The van der Waals surface area contributed by atoms with E-state index in [1.165, 1.54) is 0 Å². The van der Waals surface area contributed by atoms with Gasteiger partial charge in [0.1, 0.15) is 5.01 Å². The molecule has 7 heteroatoms. The van der Waals surface area contributed by atoms with E-state index < -0.39 is 11.3 Å². The Hall–Kier alpha value is -1.93. The van der Waals surface area contributed by atoms with Crippen molar-refractivity contribution in [2.24, 2.45) is 0 Å². The second-order valence-corrected chi connectivity index (χ2v) is 7.24. The number of nitrogens with zero attached hydrogens (tertiary/aromatic N) is 2. The zero-order valence-corrected chi connectivity index (χ0v) is 15.4. The lowest BCUT2D eigenvalue weighted by Crippen LogP contribution is -2.15. The van der Waals surface area contributed by atoms with Gasteiger partial charge in [-0.15, -0.1) is 11.3 Å². The highest BCUT2D eigenvalue weighted by atomic mass is 32.2. The molecule has 1 aromatic carbocycles. The Morgan fingerprint density at radius 3 is 2.72 bits per heavy atom. The van der Waals surface area contributed by atoms with Gasteiger partial charge in [-0.05, 0) is 24.1 Å². The van der Waals surface area contributed by atoms with Gasteiger partial charge in [0.2, 0.25) is 11.3 Å². The highest BCUT2D eigenvalue weighted by molar-refractivity contribution is 7.77. The van der Waals surface area contributed by atoms with Gasteiger partial charge in [-0.25, -0.2) is 13.9 Å². The van der Waals surface area contributed by atoms with Gasteiger partial charge in [0.05, 0.1) is 5.69 Å². The van der Waals surface area contributed by atoms with Gasteiger partial charge in [0.15, 0.2) is 0 Å². The number of aromatic nitrogens is 2. The third-order valence-corrected chi connectivity index (χ3v) is 5.01. The van der Waals surface area contributed by atoms with Crippen LogP contribution >= 0.6 is 11.3 Å². The maximum Gasteiger partial charge on any atom is 0.232 e. The quantitative estimate of drug-likeness (QED) is 0.613. The third-order valence-electron chi connectivity index (χ3n) is 3.72. The van der Waals surface area contributed by atoms with E-state index >= 15 is 0 Å². The zero-order chi connectivity index (χ0) is 17.6. The maximum absolute atomic E-state index is 10.7. The van der Waals surface area contributed by atoms with Crippen LogP contribution in [-0.4, -0.2) is 18.7 Å². The minimum atomic E-state index is -1.99. The van der Waals surface area contributed by atoms with Crippen molar-refractivity contribution in [3.63, 3.8) is 0 Å². The zero-order valence-electron chi connectivity index (χ0n) is 13.8. The molecule has 3 aromatic rings. The van der Waals surface area contributed by atoms with E-state index in [-0.39, 0.29) is 0 Å². The van der Waals surface area contributed by atoms with Crippen molar-refractivity contribution in [2.75, 3.05) is 0 Å². The monoisotopic (exact) mass is 373 g/mol. The van der Waals surface area contributed by atoms with E-state index in [9.17, 15) is 4.21 Å². The first-order valence-corrected chi connectivity index (χ1v) is 9.99. The molecule has 130 valence electrons. The predicted molar refractivity (Wildman–Crippen MR) is 102 cm³/mol. The summed E-state index contributed by atoms with van der Waals surface area (Å²) in [5.41, 5.74) is 5.09. The van der Waals surface area contributed by atoms with Crippen molar-refractivity contribution >= 4 is 22.6 Å². The normalized spacial score (nSPS) is 12.2. The molecule has 3 rings (SSSR count). The minimum Gasteiger partial charge on any atom is -0.294 e. The summed E-state index contributed by atoms with van der Waals surface area (Å²) in [4.78, 5) is 9.13. The van der Waals surface area contributed by atoms with Crippen LogP contribution < -0.4 is 4.72 Å². The van der Waals surface area contributed by atoms with E-state index in [0.717, 1.165) is 45.9 Å². The van der Waals surface area contributed by atoms with Crippen LogP contribution in [0, 0.1) is 0 Å². The summed E-state index contributed by atoms with van der Waals surface area (Å²) in [5.74, 6) is 0. The van der Waals surface area contributed by atoms with Crippen LogP contribution in [0.2, 0.25) is 0 Å². The summed E-state index contributed by atoms with van der Waals surface area (Å²) >= 11 is -0.377. The van der Waals surface area contributed by atoms with E-state index in [1.807, 2.05) is 41.9 Å². The molecule has 25 heavy (non-hydrogen) atoms.